The number of nitrogens with two attached hydrogens (primary N) is 1. The fourth-order valence-corrected chi connectivity index (χ4v) is 2.11. The standard InChI is InChI=1S/C12H13N3S/c1-9-3-2-4-10(5-9)8-16-12-7-14-11(13)6-15-12/h2-7H,8H2,1H3,(H2,13,14). The van der Waals surface area contributed by atoms with E-state index in [9.17, 15) is 0 Å². The minimum Gasteiger partial charge on any atom is -0.382 e. The van der Waals surface area contributed by atoms with Gasteiger partial charge in [-0.25, -0.2) is 9.97 Å². The molecule has 0 radical (unpaired) electrons. The molecule has 3 nitrogen and oxygen atoms in total. The number of benzene rings is 1. The molecule has 0 aliphatic carbocycles. The zero-order chi connectivity index (χ0) is 11.4. The summed E-state index contributed by atoms with van der Waals surface area (Å²) in [7, 11) is 0. The number of aromatic nitrogens is 2. The van der Waals surface area contributed by atoms with Crippen LogP contribution in [0.1, 0.15) is 11.1 Å². The van der Waals surface area contributed by atoms with Crippen LogP contribution in [0.15, 0.2) is 41.7 Å². The van der Waals surface area contributed by atoms with Crippen molar-refractivity contribution in [3.05, 3.63) is 47.8 Å². The molecule has 0 aliphatic heterocycles. The van der Waals surface area contributed by atoms with E-state index < -0.39 is 0 Å². The highest BCUT2D eigenvalue weighted by Gasteiger charge is 1.98. The lowest BCUT2D eigenvalue weighted by Crippen LogP contribution is -1.91. The molecule has 0 aliphatic rings. The Morgan fingerprint density at radius 1 is 1.25 bits per heavy atom. The largest absolute Gasteiger partial charge is 0.382 e. The highest BCUT2D eigenvalue weighted by molar-refractivity contribution is 7.98. The first-order valence-corrected chi connectivity index (χ1v) is 5.98. The number of anilines is 1. The van der Waals surface area contributed by atoms with Crippen molar-refractivity contribution in [3.8, 4) is 0 Å². The van der Waals surface area contributed by atoms with Crippen molar-refractivity contribution in [1.82, 2.24) is 9.97 Å². The average Bonchev–Trinajstić information content (AvgIpc) is 2.28. The van der Waals surface area contributed by atoms with Gasteiger partial charge in [0.2, 0.25) is 0 Å². The molecule has 82 valence electrons. The summed E-state index contributed by atoms with van der Waals surface area (Å²) in [6.07, 6.45) is 3.29. The van der Waals surface area contributed by atoms with E-state index in [0.717, 1.165) is 10.8 Å². The summed E-state index contributed by atoms with van der Waals surface area (Å²) in [6.45, 7) is 2.09. The molecule has 1 aromatic heterocycles. The van der Waals surface area contributed by atoms with Gasteiger partial charge in [0.25, 0.3) is 0 Å². The van der Waals surface area contributed by atoms with E-state index >= 15 is 0 Å². The molecule has 0 atom stereocenters. The molecular weight excluding hydrogens is 218 g/mol. The van der Waals surface area contributed by atoms with Crippen molar-refractivity contribution in [2.75, 3.05) is 5.73 Å². The minimum atomic E-state index is 0.458. The fourth-order valence-electron chi connectivity index (χ4n) is 1.36. The highest BCUT2D eigenvalue weighted by Crippen LogP contribution is 2.20. The molecule has 2 aromatic rings. The fraction of sp³-hybridized carbons (Fsp3) is 0.167. The van der Waals surface area contributed by atoms with Crippen molar-refractivity contribution in [1.29, 1.82) is 0 Å². The van der Waals surface area contributed by atoms with Gasteiger partial charge in [-0.2, -0.15) is 0 Å². The molecule has 2 N–H and O–H groups in total. The second kappa shape index (κ2) is 4.99. The molecule has 0 saturated heterocycles. The van der Waals surface area contributed by atoms with E-state index in [2.05, 4.69) is 41.2 Å². The van der Waals surface area contributed by atoms with Crippen molar-refractivity contribution in [2.24, 2.45) is 0 Å². The minimum absolute atomic E-state index is 0.458. The molecule has 0 bridgehead atoms. The number of aryl methyl sites for hydroxylation is 1. The third-order valence-electron chi connectivity index (χ3n) is 2.12. The van der Waals surface area contributed by atoms with Gasteiger partial charge in [-0.3, -0.25) is 0 Å². The molecular formula is C12H13N3S. The Kier molecular flexibility index (Phi) is 3.41. The number of nitrogens with zero attached hydrogens (tertiary/aromatic N) is 2. The second-order valence-electron chi connectivity index (χ2n) is 3.56. The summed E-state index contributed by atoms with van der Waals surface area (Å²) in [5.41, 5.74) is 8.05. The number of nitrogen functional groups attached to an aromatic ring is 1. The zero-order valence-electron chi connectivity index (χ0n) is 9.05. The Bertz CT molecular complexity index is 468. The lowest BCUT2D eigenvalue weighted by Gasteiger charge is -2.02. The molecule has 0 spiro atoms. The van der Waals surface area contributed by atoms with Crippen LogP contribution in [0, 0.1) is 6.92 Å². The van der Waals surface area contributed by atoms with Gasteiger partial charge in [0.05, 0.1) is 12.4 Å². The van der Waals surface area contributed by atoms with E-state index in [1.54, 1.807) is 24.2 Å². The van der Waals surface area contributed by atoms with Gasteiger partial charge in [0.1, 0.15) is 10.8 Å². The van der Waals surface area contributed by atoms with Gasteiger partial charge in [-0.1, -0.05) is 29.8 Å². The van der Waals surface area contributed by atoms with Crippen LogP contribution < -0.4 is 5.73 Å². The molecule has 1 heterocycles. The Balaban J connectivity index is 1.99. The first-order valence-electron chi connectivity index (χ1n) is 5.00. The maximum Gasteiger partial charge on any atom is 0.141 e. The molecule has 0 amide bonds. The molecule has 1 aromatic carbocycles. The van der Waals surface area contributed by atoms with Crippen LogP contribution in [-0.4, -0.2) is 9.97 Å². The van der Waals surface area contributed by atoms with Gasteiger partial charge >= 0.3 is 0 Å². The monoisotopic (exact) mass is 231 g/mol. The summed E-state index contributed by atoms with van der Waals surface area (Å²) in [6, 6.07) is 8.46. The van der Waals surface area contributed by atoms with Gasteiger partial charge in [0, 0.05) is 5.75 Å². The van der Waals surface area contributed by atoms with E-state index in [-0.39, 0.29) is 0 Å². The van der Waals surface area contributed by atoms with Crippen molar-refractivity contribution >= 4 is 17.6 Å². The lowest BCUT2D eigenvalue weighted by atomic mass is 10.2. The van der Waals surface area contributed by atoms with Crippen LogP contribution in [-0.2, 0) is 5.75 Å². The molecule has 0 fully saturated rings. The normalized spacial score (nSPS) is 10.3. The Morgan fingerprint density at radius 2 is 2.12 bits per heavy atom. The summed E-state index contributed by atoms with van der Waals surface area (Å²) in [5.74, 6) is 1.36. The zero-order valence-corrected chi connectivity index (χ0v) is 9.87. The molecule has 0 unspecified atom stereocenters. The smallest absolute Gasteiger partial charge is 0.141 e. The number of rotatable bonds is 3. The molecule has 2 rings (SSSR count). The second-order valence-corrected chi connectivity index (χ2v) is 4.55. The predicted molar refractivity (Wildman–Crippen MR) is 67.2 cm³/mol. The SMILES string of the molecule is Cc1cccc(CSc2cnc(N)cn2)c1. The van der Waals surface area contributed by atoms with E-state index in [0.29, 0.717) is 5.82 Å². The Labute approximate surface area is 99.1 Å². The van der Waals surface area contributed by atoms with Crippen molar-refractivity contribution in [3.63, 3.8) is 0 Å². The van der Waals surface area contributed by atoms with Gasteiger partial charge in [0.15, 0.2) is 0 Å². The van der Waals surface area contributed by atoms with E-state index in [4.69, 9.17) is 5.73 Å². The average molecular weight is 231 g/mol. The molecule has 4 heteroatoms. The number of hydrogen-bond acceptors (Lipinski definition) is 4. The van der Waals surface area contributed by atoms with Crippen LogP contribution in [0.3, 0.4) is 0 Å². The number of hydrogen-bond donors (Lipinski definition) is 1. The van der Waals surface area contributed by atoms with Crippen molar-refractivity contribution < 1.29 is 0 Å². The Morgan fingerprint density at radius 3 is 2.81 bits per heavy atom. The first-order chi connectivity index (χ1) is 7.74. The maximum atomic E-state index is 5.47. The Hall–Kier alpha value is -1.55. The first kappa shape index (κ1) is 11.0. The summed E-state index contributed by atoms with van der Waals surface area (Å²) < 4.78 is 0. The van der Waals surface area contributed by atoms with E-state index in [1.165, 1.54) is 11.1 Å². The van der Waals surface area contributed by atoms with E-state index in [1.807, 2.05) is 0 Å². The summed E-state index contributed by atoms with van der Waals surface area (Å²) >= 11 is 1.66. The topological polar surface area (TPSA) is 51.8 Å². The predicted octanol–water partition coefficient (Wildman–Crippen LogP) is 2.66. The summed E-state index contributed by atoms with van der Waals surface area (Å²) in [5, 5.41) is 0.899. The maximum absolute atomic E-state index is 5.47. The van der Waals surface area contributed by atoms with Crippen LogP contribution in [0.2, 0.25) is 0 Å². The number of thioether (sulfide) groups is 1. The quantitative estimate of drug-likeness (QED) is 0.825. The van der Waals surface area contributed by atoms with Crippen LogP contribution in [0.5, 0.6) is 0 Å². The molecule has 16 heavy (non-hydrogen) atoms. The van der Waals surface area contributed by atoms with Gasteiger partial charge < -0.3 is 5.73 Å². The van der Waals surface area contributed by atoms with Crippen LogP contribution in [0.4, 0.5) is 5.82 Å². The summed E-state index contributed by atoms with van der Waals surface area (Å²) in [4.78, 5) is 8.19. The van der Waals surface area contributed by atoms with Gasteiger partial charge in [-0.15, -0.1) is 11.8 Å². The van der Waals surface area contributed by atoms with Crippen LogP contribution in [0.25, 0.3) is 0 Å². The lowest BCUT2D eigenvalue weighted by molar-refractivity contribution is 1.06. The highest BCUT2D eigenvalue weighted by atomic mass is 32.2. The molecule has 0 saturated carbocycles. The third-order valence-corrected chi connectivity index (χ3v) is 3.10. The van der Waals surface area contributed by atoms with Crippen LogP contribution >= 0.6 is 11.8 Å². The van der Waals surface area contributed by atoms with Gasteiger partial charge in [-0.05, 0) is 12.5 Å². The third kappa shape index (κ3) is 2.97. The van der Waals surface area contributed by atoms with Crippen molar-refractivity contribution in [2.45, 2.75) is 17.7 Å².